The van der Waals surface area contributed by atoms with Crippen molar-refractivity contribution in [3.05, 3.63) is 76.0 Å². The second kappa shape index (κ2) is 7.03. The number of methoxy groups -OCH3 is 1. The van der Waals surface area contributed by atoms with Crippen molar-refractivity contribution in [2.24, 2.45) is 0 Å². The van der Waals surface area contributed by atoms with Gasteiger partial charge in [-0.05, 0) is 23.8 Å². The molecule has 0 radical (unpaired) electrons. The van der Waals surface area contributed by atoms with Crippen LogP contribution in [0.15, 0.2) is 60.4 Å². The molecule has 0 fully saturated rings. The number of rotatable bonds is 5. The van der Waals surface area contributed by atoms with Gasteiger partial charge in [-0.3, -0.25) is 10.1 Å². The zero-order valence-corrected chi connectivity index (χ0v) is 11.8. The molecule has 0 saturated heterocycles. The average molecular weight is 299 g/mol. The normalized spacial score (nSPS) is 10.9. The van der Waals surface area contributed by atoms with Crippen molar-refractivity contribution in [1.29, 1.82) is 0 Å². The molecule has 2 aromatic carbocycles. The van der Waals surface area contributed by atoms with Crippen LogP contribution in [-0.4, -0.2) is 18.0 Å². The smallest absolute Gasteiger partial charge is 0.373 e. The molecule has 6 nitrogen and oxygen atoms in total. The van der Waals surface area contributed by atoms with E-state index >= 15 is 0 Å². The van der Waals surface area contributed by atoms with Gasteiger partial charge in [0, 0.05) is 12.1 Å². The first kappa shape index (κ1) is 15.2. The lowest BCUT2D eigenvalue weighted by Gasteiger charge is -2.08. The van der Waals surface area contributed by atoms with Crippen LogP contribution in [0.1, 0.15) is 5.56 Å². The van der Waals surface area contributed by atoms with Gasteiger partial charge in [-0.25, -0.2) is 4.79 Å². The van der Waals surface area contributed by atoms with Crippen LogP contribution in [0, 0.1) is 10.1 Å². The van der Waals surface area contributed by atoms with Crippen LogP contribution in [0.3, 0.4) is 0 Å². The number of esters is 1. The highest BCUT2D eigenvalue weighted by Crippen LogP contribution is 2.19. The van der Waals surface area contributed by atoms with Crippen molar-refractivity contribution in [3.8, 4) is 5.75 Å². The molecule has 112 valence electrons. The minimum absolute atomic E-state index is 0.0609. The Morgan fingerprint density at radius 1 is 1.14 bits per heavy atom. The van der Waals surface area contributed by atoms with Gasteiger partial charge < -0.3 is 9.47 Å². The molecule has 0 saturated carbocycles. The molecular weight excluding hydrogens is 286 g/mol. The Labute approximate surface area is 126 Å². The molecule has 0 spiro atoms. The number of nitro groups is 1. The van der Waals surface area contributed by atoms with Crippen molar-refractivity contribution < 1.29 is 19.2 Å². The fourth-order valence-corrected chi connectivity index (χ4v) is 1.73. The lowest BCUT2D eigenvalue weighted by Crippen LogP contribution is -2.10. The highest BCUT2D eigenvalue weighted by molar-refractivity contribution is 5.92. The lowest BCUT2D eigenvalue weighted by atomic mass is 10.2. The van der Waals surface area contributed by atoms with Crippen LogP contribution < -0.4 is 4.74 Å². The summed E-state index contributed by atoms with van der Waals surface area (Å²) in [6.07, 6.45) is 1.39. The first-order valence-corrected chi connectivity index (χ1v) is 6.37. The van der Waals surface area contributed by atoms with Crippen LogP contribution >= 0.6 is 0 Å². The summed E-state index contributed by atoms with van der Waals surface area (Å²) < 4.78 is 10.2. The van der Waals surface area contributed by atoms with Crippen molar-refractivity contribution in [2.45, 2.75) is 0 Å². The Bertz CT molecular complexity index is 709. The van der Waals surface area contributed by atoms with E-state index in [1.807, 2.05) is 6.07 Å². The number of ether oxygens (including phenoxy) is 2. The van der Waals surface area contributed by atoms with E-state index in [-0.39, 0.29) is 11.4 Å². The number of benzene rings is 2. The quantitative estimate of drug-likeness (QED) is 0.278. The molecule has 0 aliphatic carbocycles. The minimum Gasteiger partial charge on any atom is -0.463 e. The van der Waals surface area contributed by atoms with Gasteiger partial charge in [0.25, 0.3) is 5.69 Å². The molecule has 0 aliphatic heterocycles. The molecule has 0 aliphatic rings. The summed E-state index contributed by atoms with van der Waals surface area (Å²) in [5.74, 6) is -0.269. The molecule has 0 aromatic heterocycles. The summed E-state index contributed by atoms with van der Waals surface area (Å²) in [4.78, 5) is 22.1. The first-order chi connectivity index (χ1) is 10.6. The molecule has 6 heteroatoms. The maximum absolute atomic E-state index is 11.8. The highest BCUT2D eigenvalue weighted by atomic mass is 16.6. The number of non-ortho nitro benzene ring substituents is 1. The molecule has 0 heterocycles. The molecule has 0 N–H and O–H groups in total. The Morgan fingerprint density at radius 3 is 2.50 bits per heavy atom. The zero-order valence-electron chi connectivity index (χ0n) is 11.8. The number of nitrogens with zero attached hydrogens (tertiary/aromatic N) is 1. The van der Waals surface area contributed by atoms with Crippen LogP contribution in [0.2, 0.25) is 0 Å². The van der Waals surface area contributed by atoms with E-state index in [1.54, 1.807) is 30.3 Å². The van der Waals surface area contributed by atoms with E-state index in [9.17, 15) is 14.9 Å². The average Bonchev–Trinajstić information content (AvgIpc) is 2.54. The molecule has 22 heavy (non-hydrogen) atoms. The number of hydrogen-bond donors (Lipinski definition) is 0. The van der Waals surface area contributed by atoms with E-state index in [0.717, 1.165) is 0 Å². The summed E-state index contributed by atoms with van der Waals surface area (Å²) >= 11 is 0. The first-order valence-electron chi connectivity index (χ1n) is 6.37. The Morgan fingerprint density at radius 2 is 1.86 bits per heavy atom. The third kappa shape index (κ3) is 3.92. The summed E-state index contributed by atoms with van der Waals surface area (Å²) in [7, 11) is 1.23. The van der Waals surface area contributed by atoms with Gasteiger partial charge in [0.15, 0.2) is 0 Å². The maximum atomic E-state index is 11.8. The van der Waals surface area contributed by atoms with Crippen LogP contribution in [0.4, 0.5) is 5.69 Å². The fraction of sp³-hybridized carbons (Fsp3) is 0.0625. The van der Waals surface area contributed by atoms with Gasteiger partial charge in [0.1, 0.15) is 5.75 Å². The van der Waals surface area contributed by atoms with Gasteiger partial charge in [-0.1, -0.05) is 30.3 Å². The van der Waals surface area contributed by atoms with Gasteiger partial charge in [-0.15, -0.1) is 0 Å². The number of hydrogen-bond acceptors (Lipinski definition) is 5. The fourth-order valence-electron chi connectivity index (χ4n) is 1.73. The van der Waals surface area contributed by atoms with Crippen molar-refractivity contribution in [2.75, 3.05) is 7.11 Å². The monoisotopic (exact) mass is 299 g/mol. The molecular formula is C16H13NO5. The summed E-state index contributed by atoms with van der Waals surface area (Å²) in [6, 6.07) is 14.6. The zero-order chi connectivity index (χ0) is 15.9. The number of carbonyl (C=O) groups excluding carboxylic acids is 1. The molecule has 0 bridgehead atoms. The lowest BCUT2D eigenvalue weighted by molar-refractivity contribution is -0.384. The predicted octanol–water partition coefficient (Wildman–Crippen LogP) is 3.19. The summed E-state index contributed by atoms with van der Waals surface area (Å²) in [6.45, 7) is 0. The van der Waals surface area contributed by atoms with E-state index in [0.29, 0.717) is 11.3 Å². The van der Waals surface area contributed by atoms with Gasteiger partial charge in [0.05, 0.1) is 12.0 Å². The third-order valence-corrected chi connectivity index (χ3v) is 2.74. The predicted molar refractivity (Wildman–Crippen MR) is 80.2 cm³/mol. The van der Waals surface area contributed by atoms with Crippen molar-refractivity contribution >= 4 is 17.7 Å². The van der Waals surface area contributed by atoms with Gasteiger partial charge in [-0.2, -0.15) is 0 Å². The highest BCUT2D eigenvalue weighted by Gasteiger charge is 2.14. The third-order valence-electron chi connectivity index (χ3n) is 2.74. The van der Waals surface area contributed by atoms with E-state index < -0.39 is 10.9 Å². The van der Waals surface area contributed by atoms with Crippen LogP contribution in [0.25, 0.3) is 6.08 Å². The summed E-state index contributed by atoms with van der Waals surface area (Å²) in [5.41, 5.74) is 0.392. The standard InChI is InChI=1S/C16H13NO5/c1-21-16(18)15(22-14-8-3-2-4-9-14)11-12-6-5-7-13(10-12)17(19)20/h2-11H,1H3/b15-11-. The Kier molecular flexibility index (Phi) is 4.87. The second-order valence-electron chi connectivity index (χ2n) is 4.27. The van der Waals surface area contributed by atoms with Crippen LogP contribution in [-0.2, 0) is 9.53 Å². The van der Waals surface area contributed by atoms with Crippen LogP contribution in [0.5, 0.6) is 5.75 Å². The second-order valence-corrected chi connectivity index (χ2v) is 4.27. The molecule has 2 rings (SSSR count). The number of para-hydroxylation sites is 1. The molecule has 0 unspecified atom stereocenters. The van der Waals surface area contributed by atoms with Crippen molar-refractivity contribution in [1.82, 2.24) is 0 Å². The summed E-state index contributed by atoms with van der Waals surface area (Å²) in [5, 5.41) is 10.8. The Balaban J connectivity index is 2.34. The maximum Gasteiger partial charge on any atom is 0.373 e. The molecule has 0 atom stereocenters. The Hall–Kier alpha value is -3.15. The van der Waals surface area contributed by atoms with E-state index in [2.05, 4.69) is 4.74 Å². The topological polar surface area (TPSA) is 78.7 Å². The SMILES string of the molecule is COC(=O)/C(=C/c1cccc([N+](=O)[O-])c1)Oc1ccccc1. The van der Waals surface area contributed by atoms with E-state index in [4.69, 9.17) is 4.74 Å². The minimum atomic E-state index is -0.671. The van der Waals surface area contributed by atoms with E-state index in [1.165, 1.54) is 31.4 Å². The van der Waals surface area contributed by atoms with Gasteiger partial charge >= 0.3 is 5.97 Å². The number of nitro benzene ring substituents is 1. The van der Waals surface area contributed by atoms with Crippen molar-refractivity contribution in [3.63, 3.8) is 0 Å². The van der Waals surface area contributed by atoms with Gasteiger partial charge in [0.2, 0.25) is 5.76 Å². The molecule has 0 amide bonds. The molecule has 2 aromatic rings. The number of carbonyl (C=O) groups is 1. The largest absolute Gasteiger partial charge is 0.463 e.